The predicted octanol–water partition coefficient (Wildman–Crippen LogP) is 3.92. The molecular weight excluding hydrogens is 424 g/mol. The largest absolute Gasteiger partial charge is 0.456 e. The van der Waals surface area contributed by atoms with Gasteiger partial charge in [-0.1, -0.05) is 18.6 Å². The molecule has 1 aromatic heterocycles. The van der Waals surface area contributed by atoms with Gasteiger partial charge in [-0.05, 0) is 48.4 Å². The first-order chi connectivity index (χ1) is 14.4. The van der Waals surface area contributed by atoms with Crippen LogP contribution in [0.25, 0.3) is 10.4 Å². The van der Waals surface area contributed by atoms with E-state index in [0.29, 0.717) is 5.69 Å². The Labute approximate surface area is 183 Å². The van der Waals surface area contributed by atoms with E-state index in [2.05, 4.69) is 11.4 Å². The summed E-state index contributed by atoms with van der Waals surface area (Å²) in [6.45, 7) is 0.930. The lowest BCUT2D eigenvalue weighted by Crippen LogP contribution is -2.32. The van der Waals surface area contributed by atoms with Crippen LogP contribution in [0.3, 0.4) is 0 Å². The van der Waals surface area contributed by atoms with Crippen molar-refractivity contribution in [2.45, 2.75) is 37.4 Å². The van der Waals surface area contributed by atoms with E-state index in [1.807, 2.05) is 24.3 Å². The van der Waals surface area contributed by atoms with E-state index in [9.17, 15) is 14.4 Å². The number of amides is 2. The average Bonchev–Trinajstić information content (AvgIpc) is 3.24. The normalized spacial score (nSPS) is 18.5. The fraction of sp³-hybridized carbons (Fsp3) is 0.381. The van der Waals surface area contributed by atoms with Gasteiger partial charge in [-0.3, -0.25) is 19.6 Å². The van der Waals surface area contributed by atoms with Crippen molar-refractivity contribution in [2.24, 2.45) is 0 Å². The van der Waals surface area contributed by atoms with Gasteiger partial charge in [-0.2, -0.15) is 0 Å². The molecule has 1 saturated heterocycles. The van der Waals surface area contributed by atoms with Crippen LogP contribution in [0.1, 0.15) is 37.5 Å². The Bertz CT molecular complexity index is 922. The van der Waals surface area contributed by atoms with E-state index in [-0.39, 0.29) is 23.7 Å². The Morgan fingerprint density at radius 2 is 2.00 bits per heavy atom. The van der Waals surface area contributed by atoms with Crippen molar-refractivity contribution >= 4 is 46.6 Å². The van der Waals surface area contributed by atoms with E-state index < -0.39 is 11.9 Å². The van der Waals surface area contributed by atoms with Gasteiger partial charge >= 0.3 is 5.97 Å². The van der Waals surface area contributed by atoms with Crippen LogP contribution >= 0.6 is 23.1 Å². The number of nitrogens with one attached hydrogen (secondary N) is 2. The van der Waals surface area contributed by atoms with Crippen LogP contribution in [0.2, 0.25) is 0 Å². The highest BCUT2D eigenvalue weighted by molar-refractivity contribution is 8.00. The van der Waals surface area contributed by atoms with Crippen LogP contribution in [0.5, 0.6) is 0 Å². The first kappa shape index (κ1) is 22.3. The minimum Gasteiger partial charge on any atom is -0.456 e. The average molecular weight is 449 g/mol. The summed E-state index contributed by atoms with van der Waals surface area (Å²) in [5.74, 6) is -0.302. The summed E-state index contributed by atoms with van der Waals surface area (Å²) in [6.07, 6.45) is 3.29. The summed E-state index contributed by atoms with van der Waals surface area (Å²) in [5.41, 5.74) is 3.32. The number of hydroxylamine groups is 1. The third-order valence-electron chi connectivity index (χ3n) is 4.82. The Hall–Kier alpha value is -2.36. The maximum atomic E-state index is 11.9. The first-order valence-corrected chi connectivity index (χ1v) is 11.4. The fourth-order valence-corrected chi connectivity index (χ4v) is 6.31. The van der Waals surface area contributed by atoms with E-state index in [0.717, 1.165) is 40.3 Å². The highest BCUT2D eigenvalue weighted by Crippen LogP contribution is 2.50. The second kappa shape index (κ2) is 10.1. The monoisotopic (exact) mass is 448 g/mol. The van der Waals surface area contributed by atoms with Gasteiger partial charge in [0.25, 0.3) is 5.91 Å². The zero-order valence-corrected chi connectivity index (χ0v) is 18.2. The van der Waals surface area contributed by atoms with Crippen molar-refractivity contribution in [3.8, 4) is 10.4 Å². The molecule has 2 aromatic rings. The molecule has 0 aliphatic carbocycles. The number of thiophene rings is 1. The summed E-state index contributed by atoms with van der Waals surface area (Å²) in [5, 5.41) is 11.7. The highest BCUT2D eigenvalue weighted by Gasteiger charge is 2.38. The van der Waals surface area contributed by atoms with Crippen molar-refractivity contribution < 1.29 is 24.3 Å². The smallest absolute Gasteiger partial charge is 0.303 e. The van der Waals surface area contributed by atoms with E-state index in [4.69, 9.17) is 9.94 Å². The van der Waals surface area contributed by atoms with Gasteiger partial charge in [0.1, 0.15) is 0 Å². The number of carbonyl (C=O) groups excluding carboxylic acids is 3. The molecule has 3 rings (SSSR count). The molecule has 0 saturated carbocycles. The lowest BCUT2D eigenvalue weighted by molar-refractivity contribution is -0.144. The van der Waals surface area contributed by atoms with Gasteiger partial charge in [0.15, 0.2) is 6.61 Å². The molecule has 0 radical (unpaired) electrons. The number of ether oxygens (including phenoxy) is 1. The van der Waals surface area contributed by atoms with Crippen molar-refractivity contribution in [3.05, 3.63) is 41.3 Å². The molecule has 2 heterocycles. The predicted molar refractivity (Wildman–Crippen MR) is 118 cm³/mol. The molecule has 2 amide bonds. The van der Waals surface area contributed by atoms with E-state index in [1.165, 1.54) is 6.92 Å². The number of carbonyl (C=O) groups is 3. The van der Waals surface area contributed by atoms with Gasteiger partial charge in [0.05, 0.1) is 4.75 Å². The molecule has 9 heteroatoms. The van der Waals surface area contributed by atoms with Crippen LogP contribution in [0.4, 0.5) is 5.69 Å². The summed E-state index contributed by atoms with van der Waals surface area (Å²) >= 11 is 3.40. The van der Waals surface area contributed by atoms with Crippen LogP contribution in [-0.4, -0.2) is 35.4 Å². The lowest BCUT2D eigenvalue weighted by Gasteiger charge is -2.35. The molecule has 3 N–H and O–H groups in total. The van der Waals surface area contributed by atoms with Crippen molar-refractivity contribution in [1.29, 1.82) is 0 Å². The molecule has 30 heavy (non-hydrogen) atoms. The molecule has 1 atom stereocenters. The van der Waals surface area contributed by atoms with Crippen LogP contribution in [0.15, 0.2) is 36.4 Å². The lowest BCUT2D eigenvalue weighted by atomic mass is 9.94. The summed E-state index contributed by atoms with van der Waals surface area (Å²) < 4.78 is 4.38. The molecule has 0 unspecified atom stereocenters. The molecule has 0 bridgehead atoms. The van der Waals surface area contributed by atoms with Crippen molar-refractivity contribution in [3.63, 3.8) is 0 Å². The summed E-state index contributed by atoms with van der Waals surface area (Å²) in [6, 6.07) is 11.5. The van der Waals surface area contributed by atoms with Crippen LogP contribution in [0, 0.1) is 0 Å². The third-order valence-corrected chi connectivity index (χ3v) is 7.90. The standard InChI is InChI=1S/C21H24N2O5S2/c1-14(24)28-13-20(26)22-16-6-4-5-15(11-16)17-7-8-18(30-17)21(12-19(25)23-27)9-2-3-10-29-21/h4-8,11,27H,2-3,9-10,12-13H2,1H3,(H,22,26)(H,23,25)/t21-/m0/s1. The third kappa shape index (κ3) is 5.62. The number of hydrogen-bond acceptors (Lipinski definition) is 7. The van der Waals surface area contributed by atoms with Crippen LogP contribution < -0.4 is 10.8 Å². The zero-order valence-electron chi connectivity index (χ0n) is 16.6. The topological polar surface area (TPSA) is 105 Å². The molecule has 7 nitrogen and oxygen atoms in total. The van der Waals surface area contributed by atoms with Crippen LogP contribution in [-0.2, 0) is 23.9 Å². The minimum absolute atomic E-state index is 0.236. The summed E-state index contributed by atoms with van der Waals surface area (Å²) in [7, 11) is 0. The van der Waals surface area contributed by atoms with Crippen molar-refractivity contribution in [1.82, 2.24) is 5.48 Å². The number of esters is 1. The molecule has 160 valence electrons. The van der Waals surface area contributed by atoms with E-state index >= 15 is 0 Å². The molecule has 1 aromatic carbocycles. The van der Waals surface area contributed by atoms with Gasteiger partial charge in [-0.15, -0.1) is 23.1 Å². The Morgan fingerprint density at radius 3 is 2.70 bits per heavy atom. The van der Waals surface area contributed by atoms with E-state index in [1.54, 1.807) is 34.6 Å². The highest BCUT2D eigenvalue weighted by atomic mass is 32.2. The zero-order chi connectivity index (χ0) is 21.6. The Morgan fingerprint density at radius 1 is 1.17 bits per heavy atom. The second-order valence-corrected chi connectivity index (χ2v) is 9.65. The molecule has 0 spiro atoms. The number of hydrogen-bond donors (Lipinski definition) is 3. The van der Waals surface area contributed by atoms with Gasteiger partial charge < -0.3 is 10.1 Å². The quantitative estimate of drug-likeness (QED) is 0.337. The van der Waals surface area contributed by atoms with Gasteiger partial charge in [0.2, 0.25) is 5.91 Å². The number of rotatable bonds is 7. The molecular formula is C21H24N2O5S2. The Balaban J connectivity index is 1.78. The number of thioether (sulfide) groups is 1. The SMILES string of the molecule is CC(=O)OCC(=O)Nc1cccc(-c2ccc([C@@]3(CC(=O)NO)CCCCS3)s2)c1. The second-order valence-electron chi connectivity index (χ2n) is 7.08. The number of anilines is 1. The maximum Gasteiger partial charge on any atom is 0.303 e. The fourth-order valence-electron chi connectivity index (χ4n) is 3.42. The first-order valence-electron chi connectivity index (χ1n) is 9.63. The van der Waals surface area contributed by atoms with Crippen molar-refractivity contribution in [2.75, 3.05) is 17.7 Å². The molecule has 1 aliphatic rings. The number of benzene rings is 1. The summed E-state index contributed by atoms with van der Waals surface area (Å²) in [4.78, 5) is 36.8. The molecule has 1 aliphatic heterocycles. The maximum absolute atomic E-state index is 11.9. The molecule has 1 fully saturated rings. The minimum atomic E-state index is -0.505. The van der Waals surface area contributed by atoms with Gasteiger partial charge in [-0.25, -0.2) is 5.48 Å². The Kier molecular flexibility index (Phi) is 7.52. The van der Waals surface area contributed by atoms with Gasteiger partial charge in [0, 0.05) is 28.8 Å².